The number of hydrogen-bond acceptors (Lipinski definition) is 9. The molecule has 1 atom stereocenters. The zero-order chi connectivity index (χ0) is 26.9. The fourth-order valence-corrected chi connectivity index (χ4v) is 4.47. The fraction of sp³-hybridized carbons (Fsp3) is 0.333. The van der Waals surface area contributed by atoms with Crippen LogP contribution in [0.4, 0.5) is 0 Å². The molecular weight excluding hydrogens is 480 g/mol. The van der Waals surface area contributed by atoms with Crippen LogP contribution in [-0.2, 0) is 4.79 Å². The number of amides is 1. The second kappa shape index (κ2) is 10.4. The topological polar surface area (TPSA) is 111 Å². The van der Waals surface area contributed by atoms with E-state index in [1.165, 1.54) is 33.3 Å². The highest BCUT2D eigenvalue weighted by Crippen LogP contribution is 2.45. The van der Waals surface area contributed by atoms with Crippen LogP contribution in [0.1, 0.15) is 22.2 Å². The number of ketones is 1. The summed E-state index contributed by atoms with van der Waals surface area (Å²) in [7, 11) is 9.69. The third kappa shape index (κ3) is 4.55. The molecule has 1 amide bonds. The Morgan fingerprint density at radius 1 is 1.00 bits per heavy atom. The maximum atomic E-state index is 13.8. The van der Waals surface area contributed by atoms with Crippen molar-refractivity contribution in [1.82, 2.24) is 9.80 Å². The van der Waals surface area contributed by atoms with Crippen molar-refractivity contribution >= 4 is 22.7 Å². The Balaban J connectivity index is 1.87. The number of benzene rings is 2. The molecule has 0 saturated heterocycles. The number of ether oxygens (including phenoxy) is 4. The van der Waals surface area contributed by atoms with Crippen molar-refractivity contribution in [3.05, 3.63) is 59.1 Å². The molecule has 1 aliphatic rings. The van der Waals surface area contributed by atoms with Crippen LogP contribution < -0.4 is 18.9 Å². The van der Waals surface area contributed by atoms with Gasteiger partial charge in [-0.3, -0.25) is 9.59 Å². The standard InChI is InChI=1S/C27H30N2O8/c1-28(2)10-11-29-22(16-13-19(34-4)26(36-6)20(14-16)35-5)21(24(31)27(29)32)23(30)18-12-15-8-7-9-17(33-3)25(15)37-18/h7-9,12-14,22,31H,10-11H2,1-6H3/t22-/m1/s1. The third-order valence-electron chi connectivity index (χ3n) is 6.29. The summed E-state index contributed by atoms with van der Waals surface area (Å²) >= 11 is 0. The van der Waals surface area contributed by atoms with Crippen LogP contribution in [0, 0.1) is 0 Å². The Hall–Kier alpha value is -4.18. The largest absolute Gasteiger partial charge is 0.503 e. The highest BCUT2D eigenvalue weighted by molar-refractivity contribution is 6.16. The number of aliphatic hydroxyl groups is 1. The summed E-state index contributed by atoms with van der Waals surface area (Å²) in [6.07, 6.45) is 0. The molecule has 196 valence electrons. The number of nitrogens with zero attached hydrogens (tertiary/aromatic N) is 2. The molecule has 1 aromatic heterocycles. The van der Waals surface area contributed by atoms with E-state index >= 15 is 0 Å². The molecule has 2 heterocycles. The zero-order valence-electron chi connectivity index (χ0n) is 21.7. The molecule has 0 radical (unpaired) electrons. The van der Waals surface area contributed by atoms with E-state index in [0.717, 1.165) is 0 Å². The zero-order valence-corrected chi connectivity index (χ0v) is 21.7. The molecule has 10 nitrogen and oxygen atoms in total. The summed E-state index contributed by atoms with van der Waals surface area (Å²) in [6.45, 7) is 0.755. The van der Waals surface area contributed by atoms with Gasteiger partial charge in [-0.15, -0.1) is 0 Å². The van der Waals surface area contributed by atoms with Gasteiger partial charge in [0.05, 0.1) is 40.1 Å². The molecule has 1 aliphatic heterocycles. The smallest absolute Gasteiger partial charge is 0.290 e. The lowest BCUT2D eigenvalue weighted by Crippen LogP contribution is -2.36. The number of aliphatic hydroxyl groups excluding tert-OH is 1. The molecule has 4 rings (SSSR count). The van der Waals surface area contributed by atoms with Gasteiger partial charge in [0.1, 0.15) is 0 Å². The summed E-state index contributed by atoms with van der Waals surface area (Å²) in [5, 5.41) is 11.6. The first kappa shape index (κ1) is 25.9. The fourth-order valence-electron chi connectivity index (χ4n) is 4.47. The molecule has 0 bridgehead atoms. The number of likely N-dealkylation sites (N-methyl/N-ethyl adjacent to an activating group) is 1. The Morgan fingerprint density at radius 3 is 2.22 bits per heavy atom. The first-order valence-electron chi connectivity index (χ1n) is 11.6. The summed E-state index contributed by atoms with van der Waals surface area (Å²) in [5.74, 6) is -0.398. The van der Waals surface area contributed by atoms with Gasteiger partial charge in [-0.05, 0) is 43.9 Å². The lowest BCUT2D eigenvalue weighted by Gasteiger charge is -2.28. The number of hydrogen-bond donors (Lipinski definition) is 1. The van der Waals surface area contributed by atoms with Gasteiger partial charge in [0, 0.05) is 18.5 Å². The monoisotopic (exact) mass is 510 g/mol. The summed E-state index contributed by atoms with van der Waals surface area (Å²) < 4.78 is 27.6. The Labute approximate surface area is 214 Å². The molecule has 37 heavy (non-hydrogen) atoms. The van der Waals surface area contributed by atoms with E-state index in [4.69, 9.17) is 23.4 Å². The summed E-state index contributed by atoms with van der Waals surface area (Å²) in [5.41, 5.74) is 0.797. The van der Waals surface area contributed by atoms with Crippen LogP contribution in [0.5, 0.6) is 23.0 Å². The molecule has 10 heteroatoms. The van der Waals surface area contributed by atoms with E-state index < -0.39 is 23.5 Å². The van der Waals surface area contributed by atoms with E-state index in [1.807, 2.05) is 19.0 Å². The van der Waals surface area contributed by atoms with E-state index in [0.29, 0.717) is 46.1 Å². The number of Topliss-reactive ketones (excluding diaryl/α,β-unsaturated/α-hetero) is 1. The van der Waals surface area contributed by atoms with Gasteiger partial charge in [-0.2, -0.15) is 0 Å². The van der Waals surface area contributed by atoms with E-state index in [9.17, 15) is 14.7 Å². The normalized spacial score (nSPS) is 15.6. The van der Waals surface area contributed by atoms with Crippen molar-refractivity contribution in [1.29, 1.82) is 0 Å². The van der Waals surface area contributed by atoms with Crippen molar-refractivity contribution in [2.75, 3.05) is 55.6 Å². The van der Waals surface area contributed by atoms with Gasteiger partial charge in [0.2, 0.25) is 11.5 Å². The average molecular weight is 511 g/mol. The number of carbonyl (C=O) groups is 2. The molecule has 0 fully saturated rings. The van der Waals surface area contributed by atoms with Gasteiger partial charge in [-0.25, -0.2) is 0 Å². The molecule has 0 saturated carbocycles. The van der Waals surface area contributed by atoms with Gasteiger partial charge < -0.3 is 38.3 Å². The average Bonchev–Trinajstić information content (AvgIpc) is 3.45. The number of carbonyl (C=O) groups excluding carboxylic acids is 2. The van der Waals surface area contributed by atoms with Gasteiger partial charge in [0.15, 0.2) is 34.4 Å². The van der Waals surface area contributed by atoms with Crippen molar-refractivity contribution in [2.45, 2.75) is 6.04 Å². The predicted molar refractivity (Wildman–Crippen MR) is 136 cm³/mol. The Kier molecular flexibility index (Phi) is 7.30. The quantitative estimate of drug-likeness (QED) is 0.409. The van der Waals surface area contributed by atoms with Gasteiger partial charge in [0.25, 0.3) is 5.91 Å². The minimum Gasteiger partial charge on any atom is -0.503 e. The van der Waals surface area contributed by atoms with Crippen molar-refractivity contribution < 1.29 is 38.1 Å². The number of furan rings is 1. The molecule has 0 aliphatic carbocycles. The molecule has 2 aromatic carbocycles. The van der Waals surface area contributed by atoms with E-state index in [2.05, 4.69) is 0 Å². The van der Waals surface area contributed by atoms with Crippen LogP contribution in [0.15, 0.2) is 52.1 Å². The second-order valence-corrected chi connectivity index (χ2v) is 8.74. The lowest BCUT2D eigenvalue weighted by molar-refractivity contribution is -0.129. The van der Waals surface area contributed by atoms with Crippen molar-refractivity contribution in [3.63, 3.8) is 0 Å². The van der Waals surface area contributed by atoms with Gasteiger partial charge >= 0.3 is 0 Å². The SMILES string of the molecule is COc1cc([C@@H]2C(C(=O)c3cc4cccc(OC)c4o3)=C(O)C(=O)N2CCN(C)C)cc(OC)c1OC. The Bertz CT molecular complexity index is 1350. The van der Waals surface area contributed by atoms with Crippen LogP contribution in [0.25, 0.3) is 11.0 Å². The maximum Gasteiger partial charge on any atom is 0.290 e. The highest BCUT2D eigenvalue weighted by atomic mass is 16.5. The van der Waals surface area contributed by atoms with Crippen LogP contribution in [-0.4, -0.2) is 82.2 Å². The first-order valence-corrected chi connectivity index (χ1v) is 11.6. The minimum atomic E-state index is -0.927. The molecular formula is C27H30N2O8. The number of rotatable bonds is 10. The molecule has 3 aromatic rings. The molecule has 1 N–H and O–H groups in total. The maximum absolute atomic E-state index is 13.8. The second-order valence-electron chi connectivity index (χ2n) is 8.74. The van der Waals surface area contributed by atoms with Gasteiger partial charge in [-0.1, -0.05) is 12.1 Å². The minimum absolute atomic E-state index is 0.0271. The van der Waals surface area contributed by atoms with Crippen molar-refractivity contribution in [2.24, 2.45) is 0 Å². The summed E-state index contributed by atoms with van der Waals surface area (Å²) in [4.78, 5) is 30.5. The van der Waals surface area contributed by atoms with E-state index in [-0.39, 0.29) is 17.9 Å². The van der Waals surface area contributed by atoms with E-state index in [1.54, 1.807) is 36.4 Å². The number of para-hydroxylation sites is 1. The molecule has 0 spiro atoms. The lowest BCUT2D eigenvalue weighted by atomic mass is 9.94. The first-order chi connectivity index (χ1) is 17.7. The van der Waals surface area contributed by atoms with Crippen LogP contribution >= 0.6 is 0 Å². The third-order valence-corrected chi connectivity index (χ3v) is 6.29. The number of methoxy groups -OCH3 is 4. The number of fused-ring (bicyclic) bond motifs is 1. The van der Waals surface area contributed by atoms with Crippen molar-refractivity contribution in [3.8, 4) is 23.0 Å². The molecule has 0 unspecified atom stereocenters. The van der Waals surface area contributed by atoms with Crippen LogP contribution in [0.2, 0.25) is 0 Å². The Morgan fingerprint density at radius 2 is 1.65 bits per heavy atom. The summed E-state index contributed by atoms with van der Waals surface area (Å²) in [6, 6.07) is 9.25. The highest BCUT2D eigenvalue weighted by Gasteiger charge is 2.45. The predicted octanol–water partition coefficient (Wildman–Crippen LogP) is 3.61. The van der Waals surface area contributed by atoms with Crippen LogP contribution in [0.3, 0.4) is 0 Å².